The molecule has 3 heterocycles. The Morgan fingerprint density at radius 3 is 2.33 bits per heavy atom. The molecule has 0 atom stereocenters. The lowest BCUT2D eigenvalue weighted by Gasteiger charge is -2.37. The highest BCUT2D eigenvalue weighted by molar-refractivity contribution is 5.85. The van der Waals surface area contributed by atoms with E-state index in [-0.39, 0.29) is 0 Å². The van der Waals surface area contributed by atoms with Crippen LogP contribution in [-0.4, -0.2) is 36.1 Å². The molecule has 1 aliphatic carbocycles. The first-order chi connectivity index (χ1) is 16.3. The van der Waals surface area contributed by atoms with Gasteiger partial charge in [-0.25, -0.2) is 9.97 Å². The Kier molecular flexibility index (Phi) is 4.95. The lowest BCUT2D eigenvalue weighted by atomic mass is 9.83. The fraction of sp³-hybridized carbons (Fsp3) is 0.296. The lowest BCUT2D eigenvalue weighted by molar-refractivity contribution is 0.623. The maximum absolute atomic E-state index is 10.2. The van der Waals surface area contributed by atoms with Crippen molar-refractivity contribution in [3.63, 3.8) is 0 Å². The van der Waals surface area contributed by atoms with Gasteiger partial charge in [-0.3, -0.25) is 0 Å². The molecule has 0 radical (unpaired) electrons. The number of hydrogen-bond acceptors (Lipinski definition) is 6. The Morgan fingerprint density at radius 1 is 0.848 bits per heavy atom. The van der Waals surface area contributed by atoms with Crippen molar-refractivity contribution in [2.45, 2.75) is 25.7 Å². The Bertz CT molecular complexity index is 1310. The van der Waals surface area contributed by atoms with Gasteiger partial charge in [-0.05, 0) is 61.1 Å². The second kappa shape index (κ2) is 8.25. The Labute approximate surface area is 193 Å². The van der Waals surface area contributed by atoms with E-state index in [4.69, 9.17) is 4.42 Å². The largest absolute Gasteiger partial charge is 0.456 e. The van der Waals surface area contributed by atoms with Gasteiger partial charge in [0.05, 0.1) is 11.3 Å². The van der Waals surface area contributed by atoms with Crippen molar-refractivity contribution in [1.82, 2.24) is 9.97 Å². The van der Waals surface area contributed by atoms with Gasteiger partial charge in [0.25, 0.3) is 0 Å². The zero-order valence-corrected chi connectivity index (χ0v) is 18.5. The van der Waals surface area contributed by atoms with Crippen molar-refractivity contribution in [2.75, 3.05) is 36.0 Å². The van der Waals surface area contributed by atoms with Crippen LogP contribution in [0.1, 0.15) is 29.5 Å². The Hall–Kier alpha value is -3.85. The number of aromatic nitrogens is 2. The number of para-hydroxylation sites is 1. The highest BCUT2D eigenvalue weighted by Gasteiger charge is 2.27. The van der Waals surface area contributed by atoms with Gasteiger partial charge in [-0.1, -0.05) is 18.2 Å². The van der Waals surface area contributed by atoms with Gasteiger partial charge in [0, 0.05) is 49.5 Å². The van der Waals surface area contributed by atoms with Crippen molar-refractivity contribution < 1.29 is 4.42 Å². The van der Waals surface area contributed by atoms with E-state index in [0.717, 1.165) is 91.4 Å². The highest BCUT2D eigenvalue weighted by atomic mass is 16.3. The van der Waals surface area contributed by atoms with Crippen LogP contribution in [0.25, 0.3) is 22.3 Å². The molecule has 1 saturated heterocycles. The fourth-order valence-corrected chi connectivity index (χ4v) is 5.24. The molecule has 0 bridgehead atoms. The van der Waals surface area contributed by atoms with E-state index in [1.807, 2.05) is 24.3 Å². The molecule has 4 aromatic rings. The first-order valence-electron chi connectivity index (χ1n) is 11.7. The molecule has 0 spiro atoms. The van der Waals surface area contributed by atoms with Crippen molar-refractivity contribution in [2.24, 2.45) is 0 Å². The van der Waals surface area contributed by atoms with Crippen LogP contribution in [0.3, 0.4) is 0 Å². The summed E-state index contributed by atoms with van der Waals surface area (Å²) in [4.78, 5) is 13.4. The molecule has 2 aromatic carbocycles. The summed E-state index contributed by atoms with van der Waals surface area (Å²) >= 11 is 0. The number of nitrogens with zero attached hydrogens (tertiary/aromatic N) is 5. The van der Waals surface area contributed by atoms with E-state index in [1.54, 1.807) is 12.4 Å². The van der Waals surface area contributed by atoms with Crippen molar-refractivity contribution in [3.05, 3.63) is 71.5 Å². The molecule has 0 amide bonds. The van der Waals surface area contributed by atoms with Gasteiger partial charge in [-0.15, -0.1) is 0 Å². The topological polar surface area (TPSA) is 69.2 Å². The minimum absolute atomic E-state index is 0.770. The maximum atomic E-state index is 10.2. The summed E-state index contributed by atoms with van der Waals surface area (Å²) in [5.41, 5.74) is 6.42. The molecule has 0 N–H and O–H groups in total. The maximum Gasteiger partial charge on any atom is 0.225 e. The third kappa shape index (κ3) is 3.50. The van der Waals surface area contributed by atoms with Crippen molar-refractivity contribution >= 4 is 22.6 Å². The van der Waals surface area contributed by atoms with E-state index in [9.17, 15) is 5.26 Å². The molecule has 6 rings (SSSR count). The van der Waals surface area contributed by atoms with Crippen LogP contribution in [-0.2, 0) is 12.8 Å². The zero-order chi connectivity index (χ0) is 22.2. The number of benzene rings is 2. The van der Waals surface area contributed by atoms with E-state index >= 15 is 0 Å². The quantitative estimate of drug-likeness (QED) is 0.453. The van der Waals surface area contributed by atoms with Crippen molar-refractivity contribution in [3.8, 4) is 17.4 Å². The van der Waals surface area contributed by atoms with Crippen LogP contribution >= 0.6 is 0 Å². The molecule has 0 saturated carbocycles. The predicted molar refractivity (Wildman–Crippen MR) is 129 cm³/mol. The summed E-state index contributed by atoms with van der Waals surface area (Å²) in [5.74, 6) is 1.67. The average Bonchev–Trinajstić information content (AvgIpc) is 3.32. The highest BCUT2D eigenvalue weighted by Crippen LogP contribution is 2.41. The number of fused-ring (bicyclic) bond motifs is 2. The summed E-state index contributed by atoms with van der Waals surface area (Å²) in [6.45, 7) is 3.30. The van der Waals surface area contributed by atoms with Crippen LogP contribution in [0.15, 0.2) is 59.3 Å². The smallest absolute Gasteiger partial charge is 0.225 e. The molecule has 6 nitrogen and oxygen atoms in total. The molecule has 2 aromatic heterocycles. The third-order valence-corrected chi connectivity index (χ3v) is 6.89. The standard InChI is InChI=1S/C27H25N5O/c28-18-23-21-8-3-2-7-20(21)22(26-16-19-6-1-4-9-25(19)33-26)17-24(23)31-12-14-32(15-13-31)27-29-10-5-11-30-27/h1,4-6,9-11,16-17H,2-3,7-8,12-15H2. The summed E-state index contributed by atoms with van der Waals surface area (Å²) in [7, 11) is 0. The van der Waals surface area contributed by atoms with Gasteiger partial charge in [0.1, 0.15) is 17.4 Å². The first kappa shape index (κ1) is 19.8. The summed E-state index contributed by atoms with van der Waals surface area (Å²) in [6, 6.07) is 16.9. The summed E-state index contributed by atoms with van der Waals surface area (Å²) < 4.78 is 6.28. The third-order valence-electron chi connectivity index (χ3n) is 6.89. The van der Waals surface area contributed by atoms with E-state index in [2.05, 4.69) is 44.0 Å². The summed E-state index contributed by atoms with van der Waals surface area (Å²) in [6.07, 6.45) is 7.80. The first-order valence-corrected chi connectivity index (χ1v) is 11.7. The molecule has 1 aliphatic heterocycles. The fourth-order valence-electron chi connectivity index (χ4n) is 5.24. The number of furan rings is 1. The Balaban J connectivity index is 1.40. The van der Waals surface area contributed by atoms with Crippen LogP contribution < -0.4 is 9.80 Å². The molecular formula is C27H25N5O. The number of hydrogen-bond donors (Lipinski definition) is 0. The summed E-state index contributed by atoms with van der Waals surface area (Å²) in [5, 5.41) is 11.3. The van der Waals surface area contributed by atoms with Crippen LogP contribution in [0.4, 0.5) is 11.6 Å². The van der Waals surface area contributed by atoms with Gasteiger partial charge in [0.15, 0.2) is 0 Å². The SMILES string of the molecule is N#Cc1c(N2CCN(c3ncccn3)CC2)cc(-c2cc3ccccc3o2)c2c1CCCC2. The number of piperazine rings is 1. The minimum atomic E-state index is 0.770. The molecule has 0 unspecified atom stereocenters. The van der Waals surface area contributed by atoms with Crippen LogP contribution in [0, 0.1) is 11.3 Å². The van der Waals surface area contributed by atoms with E-state index in [0.29, 0.717) is 0 Å². The second-order valence-corrected chi connectivity index (χ2v) is 8.77. The zero-order valence-electron chi connectivity index (χ0n) is 18.5. The van der Waals surface area contributed by atoms with E-state index < -0.39 is 0 Å². The van der Waals surface area contributed by atoms with Gasteiger partial charge in [0.2, 0.25) is 5.95 Å². The average molecular weight is 436 g/mol. The monoisotopic (exact) mass is 435 g/mol. The van der Waals surface area contributed by atoms with Gasteiger partial charge >= 0.3 is 0 Å². The second-order valence-electron chi connectivity index (χ2n) is 8.77. The number of rotatable bonds is 3. The van der Waals surface area contributed by atoms with Crippen LogP contribution in [0.2, 0.25) is 0 Å². The number of anilines is 2. The normalized spacial score (nSPS) is 16.0. The Morgan fingerprint density at radius 2 is 1.58 bits per heavy atom. The molecule has 164 valence electrons. The number of nitriles is 1. The van der Waals surface area contributed by atoms with Gasteiger partial charge in [-0.2, -0.15) is 5.26 Å². The molecule has 33 heavy (non-hydrogen) atoms. The van der Waals surface area contributed by atoms with Gasteiger partial charge < -0.3 is 14.2 Å². The molecule has 1 fully saturated rings. The molecule has 2 aliphatic rings. The minimum Gasteiger partial charge on any atom is -0.456 e. The molecule has 6 heteroatoms. The molecular weight excluding hydrogens is 410 g/mol. The van der Waals surface area contributed by atoms with E-state index in [1.165, 1.54) is 11.1 Å². The van der Waals surface area contributed by atoms with Crippen molar-refractivity contribution in [1.29, 1.82) is 5.26 Å². The van der Waals surface area contributed by atoms with Crippen LogP contribution in [0.5, 0.6) is 0 Å². The predicted octanol–water partition coefficient (Wildman–Crippen LogP) is 4.97. The lowest BCUT2D eigenvalue weighted by Crippen LogP contribution is -2.47.